The molecule has 0 spiro atoms. The number of nitrogens with one attached hydrogen (secondary N) is 2. The van der Waals surface area contributed by atoms with E-state index in [1.54, 1.807) is 6.07 Å². The van der Waals surface area contributed by atoms with E-state index in [1.807, 2.05) is 48.7 Å². The molecule has 3 N–H and O–H groups in total. The fourth-order valence-electron chi connectivity index (χ4n) is 3.69. The first-order valence-corrected chi connectivity index (χ1v) is 9.29. The number of hydrogen-bond acceptors (Lipinski definition) is 1. The topological polar surface area (TPSA) is 68.9 Å². The molecule has 0 saturated heterocycles. The summed E-state index contributed by atoms with van der Waals surface area (Å²) in [4.78, 5) is 18.4. The van der Waals surface area contributed by atoms with Gasteiger partial charge in [0.1, 0.15) is 5.69 Å². The van der Waals surface area contributed by atoms with E-state index < -0.39 is 5.97 Å². The van der Waals surface area contributed by atoms with Crippen molar-refractivity contribution in [2.45, 2.75) is 19.8 Å². The summed E-state index contributed by atoms with van der Waals surface area (Å²) < 4.78 is 0. The quantitative estimate of drug-likeness (QED) is 0.390. The van der Waals surface area contributed by atoms with Gasteiger partial charge in [0.2, 0.25) is 0 Å². The van der Waals surface area contributed by atoms with Crippen LogP contribution in [-0.2, 0) is 6.42 Å². The van der Waals surface area contributed by atoms with Crippen LogP contribution in [0.2, 0.25) is 5.02 Å². The average molecular weight is 379 g/mol. The molecule has 0 aliphatic carbocycles. The second-order valence-electron chi connectivity index (χ2n) is 6.51. The Bertz CT molecular complexity index is 1140. The average Bonchev–Trinajstić information content (AvgIpc) is 3.27. The van der Waals surface area contributed by atoms with Crippen molar-refractivity contribution in [1.29, 1.82) is 0 Å². The summed E-state index contributed by atoms with van der Waals surface area (Å²) in [5.74, 6) is -0.991. The maximum Gasteiger partial charge on any atom is 0.352 e. The Kier molecular flexibility index (Phi) is 4.50. The van der Waals surface area contributed by atoms with Crippen LogP contribution in [-0.4, -0.2) is 21.0 Å². The number of H-pyrrole nitrogens is 2. The Morgan fingerprint density at radius 3 is 2.59 bits per heavy atom. The van der Waals surface area contributed by atoms with Gasteiger partial charge >= 0.3 is 5.97 Å². The molecule has 0 saturated carbocycles. The van der Waals surface area contributed by atoms with Gasteiger partial charge in [0, 0.05) is 38.8 Å². The first-order chi connectivity index (χ1) is 13.1. The molecule has 2 aromatic heterocycles. The lowest BCUT2D eigenvalue weighted by atomic mass is 9.94. The van der Waals surface area contributed by atoms with Gasteiger partial charge in [-0.2, -0.15) is 0 Å². The Morgan fingerprint density at radius 1 is 1.07 bits per heavy atom. The van der Waals surface area contributed by atoms with Crippen molar-refractivity contribution in [2.75, 3.05) is 0 Å². The molecule has 0 atom stereocenters. The Hall–Kier alpha value is -2.98. The van der Waals surface area contributed by atoms with E-state index in [4.69, 9.17) is 11.6 Å². The number of carboxylic acid groups (broad SMARTS) is 1. The maximum atomic E-state index is 12.0. The van der Waals surface area contributed by atoms with Crippen molar-refractivity contribution in [3.8, 4) is 22.4 Å². The molecule has 0 unspecified atom stereocenters. The van der Waals surface area contributed by atoms with Crippen LogP contribution in [0.4, 0.5) is 0 Å². The van der Waals surface area contributed by atoms with Gasteiger partial charge in [-0.05, 0) is 30.2 Å². The highest BCUT2D eigenvalue weighted by atomic mass is 35.5. The molecule has 2 heterocycles. The van der Waals surface area contributed by atoms with Gasteiger partial charge in [0.15, 0.2) is 0 Å². The minimum absolute atomic E-state index is 0.175. The van der Waals surface area contributed by atoms with E-state index in [0.717, 1.165) is 46.1 Å². The lowest BCUT2D eigenvalue weighted by Crippen LogP contribution is -2.00. The third-order valence-electron chi connectivity index (χ3n) is 4.82. The number of aromatic nitrogens is 2. The number of aromatic carboxylic acids is 1. The zero-order valence-corrected chi connectivity index (χ0v) is 15.6. The molecule has 0 fully saturated rings. The van der Waals surface area contributed by atoms with Crippen molar-refractivity contribution in [2.24, 2.45) is 0 Å². The van der Waals surface area contributed by atoms with Gasteiger partial charge in [0.05, 0.1) is 5.69 Å². The number of benzene rings is 2. The number of carboxylic acids is 1. The van der Waals surface area contributed by atoms with E-state index in [-0.39, 0.29) is 5.69 Å². The molecule has 4 aromatic rings. The zero-order valence-electron chi connectivity index (χ0n) is 14.8. The SMILES string of the molecule is CCCc1c(-c2cccc3[nH]ccc23)[nH]c(C(=O)O)c1-c1ccccc1Cl. The monoisotopic (exact) mass is 378 g/mol. The van der Waals surface area contributed by atoms with Crippen LogP contribution >= 0.6 is 11.6 Å². The second-order valence-corrected chi connectivity index (χ2v) is 6.92. The van der Waals surface area contributed by atoms with Crippen molar-refractivity contribution in [1.82, 2.24) is 9.97 Å². The Morgan fingerprint density at radius 2 is 1.85 bits per heavy atom. The van der Waals surface area contributed by atoms with E-state index in [0.29, 0.717) is 10.6 Å². The number of aromatic amines is 2. The molecule has 2 aromatic carbocycles. The summed E-state index contributed by atoms with van der Waals surface area (Å²) in [5.41, 5.74) is 5.42. The molecule has 0 aliphatic heterocycles. The summed E-state index contributed by atoms with van der Waals surface area (Å²) in [7, 11) is 0. The fraction of sp³-hybridized carbons (Fsp3) is 0.136. The molecule has 0 radical (unpaired) electrons. The summed E-state index contributed by atoms with van der Waals surface area (Å²) in [6.45, 7) is 2.09. The van der Waals surface area contributed by atoms with Gasteiger partial charge in [0.25, 0.3) is 0 Å². The van der Waals surface area contributed by atoms with Crippen LogP contribution in [0, 0.1) is 0 Å². The highest BCUT2D eigenvalue weighted by Crippen LogP contribution is 2.41. The van der Waals surface area contributed by atoms with Crippen LogP contribution in [0.5, 0.6) is 0 Å². The molecule has 27 heavy (non-hydrogen) atoms. The Balaban J connectivity index is 2.07. The van der Waals surface area contributed by atoms with Crippen molar-refractivity contribution < 1.29 is 9.90 Å². The molecule has 4 rings (SSSR count). The molecule has 0 bridgehead atoms. The summed E-state index contributed by atoms with van der Waals surface area (Å²) in [6.07, 6.45) is 3.54. The molecule has 0 amide bonds. The van der Waals surface area contributed by atoms with Gasteiger partial charge in [-0.1, -0.05) is 55.3 Å². The van der Waals surface area contributed by atoms with Crippen LogP contribution in [0.25, 0.3) is 33.3 Å². The van der Waals surface area contributed by atoms with E-state index in [2.05, 4.69) is 16.9 Å². The minimum atomic E-state index is -0.991. The molecule has 4 nitrogen and oxygen atoms in total. The molecule has 136 valence electrons. The lowest BCUT2D eigenvalue weighted by molar-refractivity contribution is 0.0692. The van der Waals surface area contributed by atoms with E-state index in [1.165, 1.54) is 0 Å². The smallest absolute Gasteiger partial charge is 0.352 e. The van der Waals surface area contributed by atoms with Crippen molar-refractivity contribution in [3.63, 3.8) is 0 Å². The molecule has 5 heteroatoms. The Labute approximate surface area is 161 Å². The maximum absolute atomic E-state index is 12.0. The summed E-state index contributed by atoms with van der Waals surface area (Å²) in [5, 5.41) is 11.5. The summed E-state index contributed by atoms with van der Waals surface area (Å²) >= 11 is 6.43. The highest BCUT2D eigenvalue weighted by Gasteiger charge is 2.25. The number of rotatable bonds is 5. The lowest BCUT2D eigenvalue weighted by Gasteiger charge is -2.10. The number of hydrogen-bond donors (Lipinski definition) is 3. The van der Waals surface area contributed by atoms with Crippen molar-refractivity contribution >= 4 is 28.5 Å². The van der Waals surface area contributed by atoms with Gasteiger partial charge < -0.3 is 15.1 Å². The second kappa shape index (κ2) is 6.97. The van der Waals surface area contributed by atoms with Gasteiger partial charge in [-0.25, -0.2) is 4.79 Å². The van der Waals surface area contributed by atoms with E-state index in [9.17, 15) is 9.90 Å². The third-order valence-corrected chi connectivity index (χ3v) is 5.15. The molecular formula is C22H19ClN2O2. The standard InChI is InChI=1S/C22H19ClN2O2/c1-2-6-16-19(15-7-3-4-9-17(15)23)21(22(26)27)25-20(16)14-8-5-10-18-13(14)11-12-24-18/h3-5,7-12,24-25H,2,6H2,1H3,(H,26,27). The van der Waals surface area contributed by atoms with Crippen LogP contribution in [0.15, 0.2) is 54.7 Å². The third kappa shape index (κ3) is 2.92. The van der Waals surface area contributed by atoms with Gasteiger partial charge in [-0.3, -0.25) is 0 Å². The van der Waals surface area contributed by atoms with Crippen LogP contribution in [0.1, 0.15) is 29.4 Å². The van der Waals surface area contributed by atoms with Crippen LogP contribution < -0.4 is 0 Å². The largest absolute Gasteiger partial charge is 0.477 e. The predicted octanol–water partition coefficient (Wildman–Crippen LogP) is 6.13. The minimum Gasteiger partial charge on any atom is -0.477 e. The summed E-state index contributed by atoms with van der Waals surface area (Å²) in [6, 6.07) is 15.4. The first-order valence-electron chi connectivity index (χ1n) is 8.91. The number of fused-ring (bicyclic) bond motifs is 1. The number of carbonyl (C=O) groups is 1. The predicted molar refractivity (Wildman–Crippen MR) is 109 cm³/mol. The van der Waals surface area contributed by atoms with Crippen LogP contribution in [0.3, 0.4) is 0 Å². The molecule has 0 aliphatic rings. The highest BCUT2D eigenvalue weighted by molar-refractivity contribution is 6.33. The molecular weight excluding hydrogens is 360 g/mol. The fourth-order valence-corrected chi connectivity index (χ4v) is 3.92. The van der Waals surface area contributed by atoms with E-state index >= 15 is 0 Å². The zero-order chi connectivity index (χ0) is 19.0. The van der Waals surface area contributed by atoms with Crippen molar-refractivity contribution in [3.05, 3.63) is 71.0 Å². The normalized spacial score (nSPS) is 11.2. The van der Waals surface area contributed by atoms with Gasteiger partial charge in [-0.15, -0.1) is 0 Å². The first kappa shape index (κ1) is 17.4. The number of halogens is 1.